The molecule has 2 rings (SSSR count). The van der Waals surface area contributed by atoms with Gasteiger partial charge in [-0.05, 0) is 19.8 Å². The average molecular weight is 267 g/mol. The quantitative estimate of drug-likeness (QED) is 0.702. The molecule has 0 saturated carbocycles. The lowest BCUT2D eigenvalue weighted by Crippen LogP contribution is -2.57. The van der Waals surface area contributed by atoms with E-state index in [9.17, 15) is 14.4 Å². The number of piperazine rings is 1. The van der Waals surface area contributed by atoms with E-state index in [1.807, 2.05) is 0 Å². The Labute approximate surface area is 113 Å². The van der Waals surface area contributed by atoms with Gasteiger partial charge in [0.2, 0.25) is 17.7 Å². The minimum atomic E-state index is -0.382. The van der Waals surface area contributed by atoms with E-state index in [1.165, 1.54) is 0 Å². The molecule has 2 aliphatic heterocycles. The van der Waals surface area contributed by atoms with Gasteiger partial charge in [-0.1, -0.05) is 0 Å². The van der Waals surface area contributed by atoms with Crippen LogP contribution in [0.2, 0.25) is 0 Å². The van der Waals surface area contributed by atoms with Gasteiger partial charge in [0, 0.05) is 39.0 Å². The van der Waals surface area contributed by atoms with Crippen molar-refractivity contribution < 1.29 is 14.4 Å². The van der Waals surface area contributed by atoms with Crippen LogP contribution in [0.4, 0.5) is 0 Å². The highest BCUT2D eigenvalue weighted by atomic mass is 16.2. The summed E-state index contributed by atoms with van der Waals surface area (Å²) in [6.07, 6.45) is 1.40. The van der Waals surface area contributed by atoms with Gasteiger partial charge in [-0.3, -0.25) is 14.4 Å². The van der Waals surface area contributed by atoms with Crippen LogP contribution >= 0.6 is 0 Å². The lowest BCUT2D eigenvalue weighted by molar-refractivity contribution is -0.147. The van der Waals surface area contributed by atoms with E-state index in [-0.39, 0.29) is 29.7 Å². The van der Waals surface area contributed by atoms with Gasteiger partial charge in [0.15, 0.2) is 0 Å². The van der Waals surface area contributed by atoms with E-state index in [0.29, 0.717) is 39.0 Å². The highest BCUT2D eigenvalue weighted by Crippen LogP contribution is 2.21. The Bertz CT molecular complexity index is 389. The van der Waals surface area contributed by atoms with E-state index in [1.54, 1.807) is 23.6 Å². The molecule has 6 heteroatoms. The lowest BCUT2D eigenvalue weighted by Gasteiger charge is -2.38. The molecule has 3 amide bonds. The number of nitrogens with zero attached hydrogens (tertiary/aromatic N) is 2. The third kappa shape index (κ3) is 2.88. The molecule has 1 unspecified atom stereocenters. The number of carbonyl (C=O) groups is 3. The van der Waals surface area contributed by atoms with Gasteiger partial charge in [0.05, 0.1) is 0 Å². The number of piperidine rings is 1. The van der Waals surface area contributed by atoms with Crippen LogP contribution in [0.3, 0.4) is 0 Å². The first kappa shape index (κ1) is 13.8. The molecular formula is C13H21N3O3. The number of likely N-dealkylation sites (tertiary alicyclic amines) is 1. The molecule has 0 aromatic carbocycles. The zero-order valence-electron chi connectivity index (χ0n) is 11.5. The minimum absolute atomic E-state index is 0.0519. The normalized spacial score (nSPS) is 25.2. The molecule has 0 radical (unpaired) electrons. The van der Waals surface area contributed by atoms with E-state index < -0.39 is 0 Å². The Hall–Kier alpha value is -1.59. The summed E-state index contributed by atoms with van der Waals surface area (Å²) in [5, 5.41) is 2.76. The minimum Gasteiger partial charge on any atom is -0.353 e. The van der Waals surface area contributed by atoms with Gasteiger partial charge >= 0.3 is 0 Å². The number of amides is 3. The first-order chi connectivity index (χ1) is 9.00. The third-order valence-corrected chi connectivity index (χ3v) is 4.07. The maximum absolute atomic E-state index is 12.4. The molecule has 106 valence electrons. The van der Waals surface area contributed by atoms with Crippen LogP contribution in [0, 0.1) is 5.92 Å². The first-order valence-electron chi connectivity index (χ1n) is 6.84. The van der Waals surface area contributed by atoms with Crippen molar-refractivity contribution in [2.75, 3.05) is 26.2 Å². The first-order valence-corrected chi connectivity index (χ1v) is 6.84. The molecule has 1 N–H and O–H groups in total. The van der Waals surface area contributed by atoms with Crippen LogP contribution in [0.5, 0.6) is 0 Å². The Morgan fingerprint density at radius 2 is 1.84 bits per heavy atom. The fraction of sp³-hybridized carbons (Fsp3) is 0.769. The van der Waals surface area contributed by atoms with Gasteiger partial charge in [-0.25, -0.2) is 0 Å². The molecule has 0 aromatic heterocycles. The molecule has 2 aliphatic rings. The SMILES string of the molecule is CC(=O)N1CCC(C(=O)N2CCNC(=O)C2C)CC1. The van der Waals surface area contributed by atoms with E-state index in [4.69, 9.17) is 0 Å². The molecule has 2 heterocycles. The van der Waals surface area contributed by atoms with Crippen molar-refractivity contribution in [1.82, 2.24) is 15.1 Å². The number of nitrogens with one attached hydrogen (secondary N) is 1. The predicted octanol–water partition coefficient (Wildman–Crippen LogP) is -0.408. The highest BCUT2D eigenvalue weighted by molar-refractivity contribution is 5.89. The van der Waals surface area contributed by atoms with Crippen molar-refractivity contribution in [2.24, 2.45) is 5.92 Å². The summed E-state index contributed by atoms with van der Waals surface area (Å²) >= 11 is 0. The zero-order chi connectivity index (χ0) is 14.0. The van der Waals surface area contributed by atoms with Crippen molar-refractivity contribution in [2.45, 2.75) is 32.7 Å². The Morgan fingerprint density at radius 3 is 2.42 bits per heavy atom. The number of rotatable bonds is 1. The van der Waals surface area contributed by atoms with Crippen molar-refractivity contribution in [3.05, 3.63) is 0 Å². The van der Waals surface area contributed by atoms with Gasteiger partial charge in [-0.15, -0.1) is 0 Å². The van der Waals surface area contributed by atoms with Gasteiger partial charge in [0.25, 0.3) is 0 Å². The fourth-order valence-electron chi connectivity index (χ4n) is 2.76. The molecule has 0 aromatic rings. The van der Waals surface area contributed by atoms with Crippen LogP contribution in [-0.4, -0.2) is 59.7 Å². The molecule has 1 atom stereocenters. The molecule has 2 fully saturated rings. The summed E-state index contributed by atoms with van der Waals surface area (Å²) in [6.45, 7) is 5.70. The molecule has 0 bridgehead atoms. The second kappa shape index (κ2) is 5.59. The van der Waals surface area contributed by atoms with Crippen molar-refractivity contribution in [3.63, 3.8) is 0 Å². The van der Waals surface area contributed by atoms with Crippen LogP contribution in [-0.2, 0) is 14.4 Å². The second-order valence-corrected chi connectivity index (χ2v) is 5.28. The monoisotopic (exact) mass is 267 g/mol. The number of hydrogen-bond acceptors (Lipinski definition) is 3. The molecule has 6 nitrogen and oxygen atoms in total. The van der Waals surface area contributed by atoms with Gasteiger partial charge in [-0.2, -0.15) is 0 Å². The Balaban J connectivity index is 1.94. The maximum atomic E-state index is 12.4. The molecule has 2 saturated heterocycles. The van der Waals surface area contributed by atoms with Crippen molar-refractivity contribution in [1.29, 1.82) is 0 Å². The standard InChI is InChI=1S/C13H21N3O3/c1-9-12(18)14-5-8-16(9)13(19)11-3-6-15(7-4-11)10(2)17/h9,11H,3-8H2,1-2H3,(H,14,18). The maximum Gasteiger partial charge on any atom is 0.242 e. The lowest BCUT2D eigenvalue weighted by atomic mass is 9.94. The fourth-order valence-corrected chi connectivity index (χ4v) is 2.76. The van der Waals surface area contributed by atoms with E-state index in [2.05, 4.69) is 5.32 Å². The summed E-state index contributed by atoms with van der Waals surface area (Å²) in [4.78, 5) is 38.7. The Morgan fingerprint density at radius 1 is 1.21 bits per heavy atom. The van der Waals surface area contributed by atoms with E-state index in [0.717, 1.165) is 0 Å². The number of hydrogen-bond donors (Lipinski definition) is 1. The summed E-state index contributed by atoms with van der Waals surface area (Å²) < 4.78 is 0. The Kier molecular flexibility index (Phi) is 4.07. The van der Waals surface area contributed by atoms with Crippen molar-refractivity contribution in [3.8, 4) is 0 Å². The molecular weight excluding hydrogens is 246 g/mol. The summed E-state index contributed by atoms with van der Waals surface area (Å²) in [5.74, 6) is -0.00751. The van der Waals surface area contributed by atoms with Crippen LogP contribution in [0.1, 0.15) is 26.7 Å². The largest absolute Gasteiger partial charge is 0.353 e. The topological polar surface area (TPSA) is 69.7 Å². The third-order valence-electron chi connectivity index (χ3n) is 4.07. The zero-order valence-corrected chi connectivity index (χ0v) is 11.5. The van der Waals surface area contributed by atoms with Crippen LogP contribution in [0.25, 0.3) is 0 Å². The smallest absolute Gasteiger partial charge is 0.242 e. The molecule has 0 aliphatic carbocycles. The second-order valence-electron chi connectivity index (χ2n) is 5.28. The highest BCUT2D eigenvalue weighted by Gasteiger charge is 2.35. The van der Waals surface area contributed by atoms with Crippen LogP contribution < -0.4 is 5.32 Å². The predicted molar refractivity (Wildman–Crippen MR) is 69.2 cm³/mol. The van der Waals surface area contributed by atoms with Gasteiger partial charge < -0.3 is 15.1 Å². The average Bonchev–Trinajstić information content (AvgIpc) is 2.41. The van der Waals surface area contributed by atoms with Crippen LogP contribution in [0.15, 0.2) is 0 Å². The summed E-state index contributed by atoms with van der Waals surface area (Å²) in [7, 11) is 0. The van der Waals surface area contributed by atoms with Gasteiger partial charge in [0.1, 0.15) is 6.04 Å². The summed E-state index contributed by atoms with van der Waals surface area (Å²) in [6, 6.07) is -0.382. The van der Waals surface area contributed by atoms with Crippen molar-refractivity contribution >= 4 is 17.7 Å². The molecule has 0 spiro atoms. The molecule has 19 heavy (non-hydrogen) atoms. The van der Waals surface area contributed by atoms with E-state index >= 15 is 0 Å². The number of carbonyl (C=O) groups excluding carboxylic acids is 3. The summed E-state index contributed by atoms with van der Waals surface area (Å²) in [5.41, 5.74) is 0.